The van der Waals surface area contributed by atoms with Crippen LogP contribution in [0.25, 0.3) is 21.8 Å². The van der Waals surface area contributed by atoms with E-state index in [9.17, 15) is 0 Å². The topological polar surface area (TPSA) is 55.6 Å². The van der Waals surface area contributed by atoms with Crippen molar-refractivity contribution >= 4 is 33.3 Å². The highest BCUT2D eigenvalue weighted by Gasteiger charge is 2.12. The second-order valence-corrected chi connectivity index (χ2v) is 5.28. The summed E-state index contributed by atoms with van der Waals surface area (Å²) in [7, 11) is 1.91. The lowest BCUT2D eigenvalue weighted by Crippen LogP contribution is -1.99. The number of nitrogens with zero attached hydrogens (tertiary/aromatic N) is 4. The van der Waals surface area contributed by atoms with Gasteiger partial charge in [0, 0.05) is 18.1 Å². The Kier molecular flexibility index (Phi) is 2.79. The third-order valence-corrected chi connectivity index (χ3v) is 3.83. The lowest BCUT2D eigenvalue weighted by molar-refractivity contribution is 0.783. The highest BCUT2D eigenvalue weighted by atomic mass is 15.3. The quantitative estimate of drug-likeness (QED) is 0.613. The molecule has 0 fully saturated rings. The Morgan fingerprint density at radius 2 is 1.82 bits per heavy atom. The molecular weight excluding hydrogens is 274 g/mol. The molecule has 0 spiro atoms. The molecule has 0 amide bonds. The van der Waals surface area contributed by atoms with Crippen molar-refractivity contribution in [2.24, 2.45) is 7.05 Å². The fourth-order valence-corrected chi connectivity index (χ4v) is 2.83. The number of benzene rings is 2. The summed E-state index contributed by atoms with van der Waals surface area (Å²) in [5.74, 6) is 0.768. The average Bonchev–Trinajstić information content (AvgIpc) is 2.83. The molecule has 4 rings (SSSR count). The van der Waals surface area contributed by atoms with Crippen LogP contribution in [0, 0.1) is 6.92 Å². The van der Waals surface area contributed by atoms with Gasteiger partial charge in [0.2, 0.25) is 0 Å². The van der Waals surface area contributed by atoms with E-state index in [0.29, 0.717) is 0 Å². The zero-order chi connectivity index (χ0) is 15.1. The molecule has 22 heavy (non-hydrogen) atoms. The van der Waals surface area contributed by atoms with E-state index in [1.54, 1.807) is 6.33 Å². The molecule has 0 radical (unpaired) electrons. The molecule has 0 aliphatic carbocycles. The first-order valence-electron chi connectivity index (χ1n) is 7.13. The number of rotatable bonds is 2. The third kappa shape index (κ3) is 1.90. The van der Waals surface area contributed by atoms with Crippen molar-refractivity contribution in [1.29, 1.82) is 0 Å². The van der Waals surface area contributed by atoms with Crippen molar-refractivity contribution in [2.75, 3.05) is 5.32 Å². The Morgan fingerprint density at radius 1 is 1.00 bits per heavy atom. The lowest BCUT2D eigenvalue weighted by Gasteiger charge is -2.10. The van der Waals surface area contributed by atoms with E-state index < -0.39 is 0 Å². The van der Waals surface area contributed by atoms with Gasteiger partial charge in [0.15, 0.2) is 5.82 Å². The number of hydrogen-bond donors (Lipinski definition) is 1. The van der Waals surface area contributed by atoms with Crippen LogP contribution in [0.3, 0.4) is 0 Å². The van der Waals surface area contributed by atoms with Gasteiger partial charge in [-0.15, -0.1) is 0 Å². The van der Waals surface area contributed by atoms with E-state index in [2.05, 4.69) is 44.6 Å². The van der Waals surface area contributed by atoms with Crippen LogP contribution in [0.15, 0.2) is 48.8 Å². The van der Waals surface area contributed by atoms with Crippen molar-refractivity contribution in [3.05, 3.63) is 54.5 Å². The van der Waals surface area contributed by atoms with Crippen molar-refractivity contribution in [1.82, 2.24) is 19.7 Å². The molecule has 0 bridgehead atoms. The second-order valence-electron chi connectivity index (χ2n) is 5.28. The molecule has 0 aliphatic rings. The lowest BCUT2D eigenvalue weighted by atomic mass is 10.1. The number of nitrogens with one attached hydrogen (secondary N) is 1. The average molecular weight is 289 g/mol. The second kappa shape index (κ2) is 4.80. The van der Waals surface area contributed by atoms with Crippen LogP contribution in [0.2, 0.25) is 0 Å². The van der Waals surface area contributed by atoms with Gasteiger partial charge in [-0.1, -0.05) is 36.4 Å². The molecule has 0 saturated carbocycles. The fourth-order valence-electron chi connectivity index (χ4n) is 2.83. The van der Waals surface area contributed by atoms with Gasteiger partial charge in [0.05, 0.1) is 5.69 Å². The van der Waals surface area contributed by atoms with Crippen molar-refractivity contribution in [3.63, 3.8) is 0 Å². The first-order chi connectivity index (χ1) is 10.7. The summed E-state index contributed by atoms with van der Waals surface area (Å²) in [5, 5.41) is 10.2. The Balaban J connectivity index is 1.90. The Labute approximate surface area is 127 Å². The maximum atomic E-state index is 4.43. The largest absolute Gasteiger partial charge is 0.338 e. The molecule has 4 aromatic rings. The van der Waals surface area contributed by atoms with Crippen LogP contribution in [-0.2, 0) is 7.05 Å². The van der Waals surface area contributed by atoms with Crippen molar-refractivity contribution in [2.45, 2.75) is 6.92 Å². The van der Waals surface area contributed by atoms with E-state index in [0.717, 1.165) is 33.6 Å². The summed E-state index contributed by atoms with van der Waals surface area (Å²) < 4.78 is 1.82. The minimum Gasteiger partial charge on any atom is -0.338 e. The van der Waals surface area contributed by atoms with Gasteiger partial charge in [-0.3, -0.25) is 4.68 Å². The van der Waals surface area contributed by atoms with Crippen molar-refractivity contribution < 1.29 is 0 Å². The first kappa shape index (κ1) is 12.8. The van der Waals surface area contributed by atoms with Gasteiger partial charge >= 0.3 is 0 Å². The summed E-state index contributed by atoms with van der Waals surface area (Å²) in [5.41, 5.74) is 3.71. The minimum atomic E-state index is 0.768. The predicted molar refractivity (Wildman–Crippen MR) is 88.3 cm³/mol. The van der Waals surface area contributed by atoms with E-state index in [1.807, 2.05) is 36.9 Å². The van der Waals surface area contributed by atoms with Gasteiger partial charge in [-0.25, -0.2) is 9.97 Å². The van der Waals surface area contributed by atoms with Gasteiger partial charge < -0.3 is 5.32 Å². The van der Waals surface area contributed by atoms with Crippen LogP contribution < -0.4 is 5.32 Å². The van der Waals surface area contributed by atoms with E-state index in [-0.39, 0.29) is 0 Å². The zero-order valence-electron chi connectivity index (χ0n) is 12.4. The highest BCUT2D eigenvalue weighted by molar-refractivity contribution is 5.98. The third-order valence-electron chi connectivity index (χ3n) is 3.83. The van der Waals surface area contributed by atoms with Gasteiger partial charge in [0.25, 0.3) is 0 Å². The minimum absolute atomic E-state index is 0.768. The molecule has 1 N–H and O–H groups in total. The van der Waals surface area contributed by atoms with E-state index >= 15 is 0 Å². The molecule has 2 aromatic carbocycles. The normalized spacial score (nSPS) is 11.2. The van der Waals surface area contributed by atoms with Gasteiger partial charge in [0.1, 0.15) is 17.4 Å². The van der Waals surface area contributed by atoms with Crippen LogP contribution in [0.1, 0.15) is 5.69 Å². The summed E-state index contributed by atoms with van der Waals surface area (Å²) in [6.45, 7) is 1.96. The predicted octanol–water partition coefficient (Wildman–Crippen LogP) is 3.57. The van der Waals surface area contributed by atoms with Gasteiger partial charge in [-0.2, -0.15) is 5.10 Å². The highest BCUT2D eigenvalue weighted by Crippen LogP contribution is 2.28. The molecule has 2 heterocycles. The van der Waals surface area contributed by atoms with Crippen molar-refractivity contribution in [3.8, 4) is 0 Å². The first-order valence-corrected chi connectivity index (χ1v) is 7.13. The fraction of sp³-hybridized carbons (Fsp3) is 0.118. The summed E-state index contributed by atoms with van der Waals surface area (Å²) in [6, 6.07) is 14.5. The molecule has 5 heteroatoms. The zero-order valence-corrected chi connectivity index (χ0v) is 12.4. The number of aryl methyl sites for hydroxylation is 2. The van der Waals surface area contributed by atoms with Gasteiger partial charge in [-0.05, 0) is 18.4 Å². The summed E-state index contributed by atoms with van der Waals surface area (Å²) in [6.07, 6.45) is 1.57. The molecule has 0 unspecified atom stereocenters. The van der Waals surface area contributed by atoms with Crippen LogP contribution in [0.4, 0.5) is 11.5 Å². The molecule has 2 aromatic heterocycles. The summed E-state index contributed by atoms with van der Waals surface area (Å²) >= 11 is 0. The molecule has 108 valence electrons. The number of aromatic nitrogens is 4. The van der Waals surface area contributed by atoms with Crippen LogP contribution in [0.5, 0.6) is 0 Å². The number of fused-ring (bicyclic) bond motifs is 2. The molecular formula is C17H15N5. The molecule has 0 aliphatic heterocycles. The molecule has 0 saturated heterocycles. The Bertz CT molecular complexity index is 982. The number of hydrogen-bond acceptors (Lipinski definition) is 4. The van der Waals surface area contributed by atoms with Crippen LogP contribution >= 0.6 is 0 Å². The maximum Gasteiger partial charge on any atom is 0.160 e. The SMILES string of the molecule is Cc1nn(C)c2c(Nc3cccc4ccccc34)ncnc12. The summed E-state index contributed by atoms with van der Waals surface area (Å²) in [4.78, 5) is 8.73. The van der Waals surface area contributed by atoms with E-state index in [4.69, 9.17) is 0 Å². The van der Waals surface area contributed by atoms with Crippen LogP contribution in [-0.4, -0.2) is 19.7 Å². The standard InChI is InChI=1S/C17H15N5/c1-11-15-16(22(2)21-11)17(19-10-18-15)20-14-9-5-7-12-6-3-4-8-13(12)14/h3-10H,1-2H3,(H,18,19,20). The monoisotopic (exact) mass is 289 g/mol. The molecule has 0 atom stereocenters. The molecule has 5 nitrogen and oxygen atoms in total. The Morgan fingerprint density at radius 3 is 2.73 bits per heavy atom. The van der Waals surface area contributed by atoms with E-state index in [1.165, 1.54) is 5.39 Å². The smallest absolute Gasteiger partial charge is 0.160 e. The number of anilines is 2. The maximum absolute atomic E-state index is 4.43. The Hall–Kier alpha value is -2.95.